The summed E-state index contributed by atoms with van der Waals surface area (Å²) in [5.74, 6) is 2.42. The Morgan fingerprint density at radius 1 is 1.12 bits per heavy atom. The Bertz CT molecular complexity index is 563. The van der Waals surface area contributed by atoms with Crippen molar-refractivity contribution in [3.63, 3.8) is 0 Å². The minimum Gasteiger partial charge on any atom is -0.356 e. The fourth-order valence-electron chi connectivity index (χ4n) is 4.82. The number of aromatic nitrogens is 1. The van der Waals surface area contributed by atoms with Gasteiger partial charge in [0.2, 0.25) is 5.91 Å². The number of carbonyl (C=O) groups excluding carboxylic acids is 1. The summed E-state index contributed by atoms with van der Waals surface area (Å²) < 4.78 is 0. The summed E-state index contributed by atoms with van der Waals surface area (Å²) in [5.41, 5.74) is 6.29. The van der Waals surface area contributed by atoms with Gasteiger partial charge in [-0.25, -0.2) is 4.98 Å². The maximum atomic E-state index is 12.6. The smallest absolute Gasteiger partial charge is 0.225 e. The molecule has 4 unspecified atom stereocenters. The molecule has 3 N–H and O–H groups in total. The SMILES string of the molecule is Cl.Cl.NC1C2CCC(C2)C1C(=O)NC1CCN(c2ccccn2)CC1. The highest BCUT2D eigenvalue weighted by Crippen LogP contribution is 2.47. The Kier molecular flexibility index (Phi) is 6.94. The largest absolute Gasteiger partial charge is 0.356 e. The molecule has 5 nitrogen and oxygen atoms in total. The van der Waals surface area contributed by atoms with E-state index in [0.717, 1.165) is 38.2 Å². The molecular weight excluding hydrogens is 359 g/mol. The van der Waals surface area contributed by atoms with Crippen LogP contribution in [0.5, 0.6) is 0 Å². The number of hydrogen-bond donors (Lipinski definition) is 2. The first-order chi connectivity index (χ1) is 11.2. The lowest BCUT2D eigenvalue weighted by atomic mass is 9.84. The van der Waals surface area contributed by atoms with Gasteiger partial charge in [0.25, 0.3) is 0 Å². The third-order valence-electron chi connectivity index (χ3n) is 6.10. The van der Waals surface area contributed by atoms with Gasteiger partial charge in [0.15, 0.2) is 0 Å². The maximum Gasteiger partial charge on any atom is 0.225 e. The average molecular weight is 387 g/mol. The lowest BCUT2D eigenvalue weighted by Gasteiger charge is -2.35. The van der Waals surface area contributed by atoms with Crippen LogP contribution in [0.1, 0.15) is 32.1 Å². The number of nitrogens with two attached hydrogens (primary N) is 1. The van der Waals surface area contributed by atoms with Crippen LogP contribution in [0.3, 0.4) is 0 Å². The number of nitrogens with one attached hydrogen (secondary N) is 1. The van der Waals surface area contributed by atoms with E-state index < -0.39 is 0 Å². The van der Waals surface area contributed by atoms with E-state index in [1.165, 1.54) is 12.8 Å². The molecule has 1 aliphatic heterocycles. The third-order valence-corrected chi connectivity index (χ3v) is 6.10. The van der Waals surface area contributed by atoms with Gasteiger partial charge >= 0.3 is 0 Å². The molecule has 2 saturated carbocycles. The zero-order valence-corrected chi connectivity index (χ0v) is 16.0. The van der Waals surface area contributed by atoms with E-state index in [1.54, 1.807) is 0 Å². The molecule has 4 rings (SSSR count). The highest BCUT2D eigenvalue weighted by atomic mass is 35.5. The van der Waals surface area contributed by atoms with Crippen molar-refractivity contribution in [3.05, 3.63) is 24.4 Å². The van der Waals surface area contributed by atoms with Crippen molar-refractivity contribution in [1.82, 2.24) is 10.3 Å². The van der Waals surface area contributed by atoms with E-state index in [1.807, 2.05) is 24.4 Å². The summed E-state index contributed by atoms with van der Waals surface area (Å²) in [4.78, 5) is 19.4. The summed E-state index contributed by atoms with van der Waals surface area (Å²) >= 11 is 0. The molecule has 140 valence electrons. The molecule has 2 aliphatic carbocycles. The molecule has 2 bridgehead atoms. The van der Waals surface area contributed by atoms with Gasteiger partial charge in [0, 0.05) is 31.4 Å². The first kappa shape index (κ1) is 20.3. The number of rotatable bonds is 3. The van der Waals surface area contributed by atoms with Crippen molar-refractivity contribution >= 4 is 36.5 Å². The van der Waals surface area contributed by atoms with Crippen molar-refractivity contribution in [2.24, 2.45) is 23.5 Å². The number of piperidine rings is 1. The molecule has 1 aromatic heterocycles. The first-order valence-corrected chi connectivity index (χ1v) is 8.94. The number of halogens is 2. The Balaban J connectivity index is 0.00000113. The second kappa shape index (κ2) is 8.56. The van der Waals surface area contributed by atoms with Crippen LogP contribution in [0, 0.1) is 17.8 Å². The summed E-state index contributed by atoms with van der Waals surface area (Å²) in [6.45, 7) is 1.90. The van der Waals surface area contributed by atoms with Crippen molar-refractivity contribution in [1.29, 1.82) is 0 Å². The van der Waals surface area contributed by atoms with Crippen LogP contribution in [0.25, 0.3) is 0 Å². The van der Waals surface area contributed by atoms with Gasteiger partial charge in [-0.15, -0.1) is 24.8 Å². The molecule has 4 atom stereocenters. The fourth-order valence-corrected chi connectivity index (χ4v) is 4.82. The molecular formula is C18H28Cl2N4O. The summed E-state index contributed by atoms with van der Waals surface area (Å²) in [5, 5.41) is 3.28. The minimum atomic E-state index is 0. The molecule has 1 aromatic rings. The summed E-state index contributed by atoms with van der Waals surface area (Å²) in [6, 6.07) is 6.38. The van der Waals surface area contributed by atoms with E-state index in [0.29, 0.717) is 11.8 Å². The summed E-state index contributed by atoms with van der Waals surface area (Å²) in [6.07, 6.45) is 7.38. The molecule has 3 fully saturated rings. The highest BCUT2D eigenvalue weighted by molar-refractivity contribution is 5.85. The van der Waals surface area contributed by atoms with Gasteiger partial charge in [-0.2, -0.15) is 0 Å². The quantitative estimate of drug-likeness (QED) is 0.836. The molecule has 2 heterocycles. The zero-order chi connectivity index (χ0) is 15.8. The van der Waals surface area contributed by atoms with Crippen molar-refractivity contribution in [3.8, 4) is 0 Å². The van der Waals surface area contributed by atoms with Crippen LogP contribution in [0.15, 0.2) is 24.4 Å². The topological polar surface area (TPSA) is 71.2 Å². The first-order valence-electron chi connectivity index (χ1n) is 8.94. The van der Waals surface area contributed by atoms with E-state index >= 15 is 0 Å². The van der Waals surface area contributed by atoms with Gasteiger partial charge in [-0.3, -0.25) is 4.79 Å². The van der Waals surface area contributed by atoms with Crippen LogP contribution < -0.4 is 16.0 Å². The molecule has 0 aromatic carbocycles. The van der Waals surface area contributed by atoms with E-state index in [4.69, 9.17) is 5.73 Å². The number of carbonyl (C=O) groups is 1. The molecule has 0 radical (unpaired) electrons. The number of pyridine rings is 1. The average Bonchev–Trinajstić information content (AvgIpc) is 3.17. The molecule has 1 amide bonds. The minimum absolute atomic E-state index is 0. The van der Waals surface area contributed by atoms with Crippen LogP contribution in [-0.4, -0.2) is 36.1 Å². The van der Waals surface area contributed by atoms with Gasteiger partial charge in [-0.1, -0.05) is 6.07 Å². The standard InChI is InChI=1S/C18H26N4O.2ClH/c19-17-13-5-4-12(11-13)16(17)18(23)21-14-6-9-22(10-7-14)15-3-1-2-8-20-15;;/h1-3,8,12-14,16-17H,4-7,9-11,19H2,(H,21,23);2*1H. The molecule has 25 heavy (non-hydrogen) atoms. The van der Waals surface area contributed by atoms with E-state index in [-0.39, 0.29) is 48.7 Å². The molecule has 0 spiro atoms. The van der Waals surface area contributed by atoms with Crippen LogP contribution >= 0.6 is 24.8 Å². The zero-order valence-electron chi connectivity index (χ0n) is 14.3. The Morgan fingerprint density at radius 2 is 1.84 bits per heavy atom. The number of anilines is 1. The van der Waals surface area contributed by atoms with Gasteiger partial charge in [0.1, 0.15) is 5.82 Å². The summed E-state index contributed by atoms with van der Waals surface area (Å²) in [7, 11) is 0. The predicted molar refractivity (Wildman–Crippen MR) is 104 cm³/mol. The van der Waals surface area contributed by atoms with Crippen LogP contribution in [0.4, 0.5) is 5.82 Å². The molecule has 7 heteroatoms. The normalized spacial score (nSPS) is 31.2. The molecule has 1 saturated heterocycles. The predicted octanol–water partition coefficient (Wildman–Crippen LogP) is 2.38. The second-order valence-corrected chi connectivity index (χ2v) is 7.39. The number of amides is 1. The van der Waals surface area contributed by atoms with Crippen LogP contribution in [0.2, 0.25) is 0 Å². The van der Waals surface area contributed by atoms with Crippen molar-refractivity contribution < 1.29 is 4.79 Å². The number of nitrogens with zero attached hydrogens (tertiary/aromatic N) is 2. The lowest BCUT2D eigenvalue weighted by Crippen LogP contribution is -2.51. The third kappa shape index (κ3) is 4.04. The maximum absolute atomic E-state index is 12.6. The number of hydrogen-bond acceptors (Lipinski definition) is 4. The van der Waals surface area contributed by atoms with Gasteiger partial charge < -0.3 is 16.0 Å². The van der Waals surface area contributed by atoms with Gasteiger partial charge in [0.05, 0.1) is 5.92 Å². The van der Waals surface area contributed by atoms with Gasteiger partial charge in [-0.05, 0) is 56.1 Å². The van der Waals surface area contributed by atoms with E-state index in [2.05, 4.69) is 15.2 Å². The second-order valence-electron chi connectivity index (χ2n) is 7.39. The Morgan fingerprint density at radius 3 is 2.44 bits per heavy atom. The van der Waals surface area contributed by atoms with Crippen LogP contribution in [-0.2, 0) is 4.79 Å². The number of fused-ring (bicyclic) bond motifs is 2. The monoisotopic (exact) mass is 386 g/mol. The molecule has 3 aliphatic rings. The Labute approximate surface area is 161 Å². The van der Waals surface area contributed by atoms with E-state index in [9.17, 15) is 4.79 Å². The van der Waals surface area contributed by atoms with Crippen molar-refractivity contribution in [2.45, 2.75) is 44.2 Å². The lowest BCUT2D eigenvalue weighted by molar-refractivity contribution is -0.127. The highest BCUT2D eigenvalue weighted by Gasteiger charge is 2.49. The fraction of sp³-hybridized carbons (Fsp3) is 0.667. The Hall–Kier alpha value is -1.04. The van der Waals surface area contributed by atoms with Crippen molar-refractivity contribution in [2.75, 3.05) is 18.0 Å².